The van der Waals surface area contributed by atoms with Crippen molar-refractivity contribution in [2.24, 2.45) is 5.92 Å². The molecule has 0 spiro atoms. The summed E-state index contributed by atoms with van der Waals surface area (Å²) in [6.07, 6.45) is 2.24. The standard InChI is InChI=1S/C16H25NO/c1-12-5-4-8-17(10-12)11-16(18)15-7-6-13(2)14(3)9-15/h6-7,9,12,16,18H,4-5,8,10-11H2,1-3H3. The van der Waals surface area contributed by atoms with Gasteiger partial charge in [0.05, 0.1) is 6.10 Å². The second-order valence-corrected chi connectivity index (χ2v) is 5.87. The number of piperidine rings is 1. The van der Waals surface area contributed by atoms with Gasteiger partial charge in [-0.2, -0.15) is 0 Å². The summed E-state index contributed by atoms with van der Waals surface area (Å²) in [5.41, 5.74) is 3.60. The van der Waals surface area contributed by atoms with Crippen LogP contribution in [0, 0.1) is 19.8 Å². The fourth-order valence-electron chi connectivity index (χ4n) is 2.77. The summed E-state index contributed by atoms with van der Waals surface area (Å²) >= 11 is 0. The molecule has 0 bridgehead atoms. The first-order chi connectivity index (χ1) is 8.56. The van der Waals surface area contributed by atoms with E-state index in [0.29, 0.717) is 0 Å². The molecule has 2 rings (SSSR count). The van der Waals surface area contributed by atoms with E-state index < -0.39 is 0 Å². The van der Waals surface area contributed by atoms with Crippen LogP contribution in [0.15, 0.2) is 18.2 Å². The summed E-state index contributed by atoms with van der Waals surface area (Å²) in [4.78, 5) is 2.40. The van der Waals surface area contributed by atoms with E-state index in [0.717, 1.165) is 31.1 Å². The Morgan fingerprint density at radius 1 is 1.33 bits per heavy atom. The van der Waals surface area contributed by atoms with Crippen LogP contribution in [0.5, 0.6) is 0 Å². The molecule has 1 fully saturated rings. The molecule has 1 aliphatic heterocycles. The van der Waals surface area contributed by atoms with Gasteiger partial charge >= 0.3 is 0 Å². The highest BCUT2D eigenvalue weighted by molar-refractivity contribution is 5.31. The molecular weight excluding hydrogens is 222 g/mol. The Hall–Kier alpha value is -0.860. The lowest BCUT2D eigenvalue weighted by molar-refractivity contribution is 0.0875. The lowest BCUT2D eigenvalue weighted by atomic mass is 9.98. The zero-order valence-electron chi connectivity index (χ0n) is 11.8. The molecule has 100 valence electrons. The smallest absolute Gasteiger partial charge is 0.0917 e. The van der Waals surface area contributed by atoms with Gasteiger partial charge in [0, 0.05) is 13.1 Å². The van der Waals surface area contributed by atoms with Crippen molar-refractivity contribution in [3.05, 3.63) is 34.9 Å². The molecule has 18 heavy (non-hydrogen) atoms. The van der Waals surface area contributed by atoms with Gasteiger partial charge < -0.3 is 10.0 Å². The summed E-state index contributed by atoms with van der Waals surface area (Å²) in [7, 11) is 0. The van der Waals surface area contributed by atoms with Gasteiger partial charge in [0.1, 0.15) is 0 Å². The number of hydrogen-bond donors (Lipinski definition) is 1. The van der Waals surface area contributed by atoms with E-state index in [4.69, 9.17) is 0 Å². The summed E-state index contributed by atoms with van der Waals surface area (Å²) in [5, 5.41) is 10.3. The summed E-state index contributed by atoms with van der Waals surface area (Å²) in [6, 6.07) is 6.28. The van der Waals surface area contributed by atoms with Gasteiger partial charge in [-0.25, -0.2) is 0 Å². The lowest BCUT2D eigenvalue weighted by Crippen LogP contribution is -2.37. The van der Waals surface area contributed by atoms with E-state index in [-0.39, 0.29) is 6.10 Å². The Morgan fingerprint density at radius 3 is 2.78 bits per heavy atom. The molecule has 2 nitrogen and oxygen atoms in total. The van der Waals surface area contributed by atoms with Crippen LogP contribution in [-0.4, -0.2) is 29.6 Å². The Balaban J connectivity index is 1.98. The minimum Gasteiger partial charge on any atom is -0.387 e. The van der Waals surface area contributed by atoms with Crippen molar-refractivity contribution in [3.8, 4) is 0 Å². The number of hydrogen-bond acceptors (Lipinski definition) is 2. The highest BCUT2D eigenvalue weighted by Gasteiger charge is 2.19. The van der Waals surface area contributed by atoms with Crippen molar-refractivity contribution in [2.45, 2.75) is 39.7 Å². The van der Waals surface area contributed by atoms with Crippen molar-refractivity contribution >= 4 is 0 Å². The van der Waals surface area contributed by atoms with E-state index in [2.05, 4.69) is 43.9 Å². The van der Waals surface area contributed by atoms with E-state index >= 15 is 0 Å². The maximum atomic E-state index is 10.3. The molecule has 1 aromatic rings. The Labute approximate surface area is 111 Å². The predicted octanol–water partition coefficient (Wildman–Crippen LogP) is 3.07. The van der Waals surface area contributed by atoms with Gasteiger partial charge in [-0.05, 0) is 55.8 Å². The van der Waals surface area contributed by atoms with Gasteiger partial charge in [0.25, 0.3) is 0 Å². The van der Waals surface area contributed by atoms with Gasteiger partial charge in [0.2, 0.25) is 0 Å². The van der Waals surface area contributed by atoms with E-state index in [1.165, 1.54) is 24.0 Å². The summed E-state index contributed by atoms with van der Waals surface area (Å²) in [6.45, 7) is 9.54. The molecule has 1 heterocycles. The van der Waals surface area contributed by atoms with Crippen molar-refractivity contribution in [1.82, 2.24) is 4.90 Å². The Morgan fingerprint density at radius 2 is 2.11 bits per heavy atom. The topological polar surface area (TPSA) is 23.5 Å². The zero-order valence-corrected chi connectivity index (χ0v) is 11.8. The average Bonchev–Trinajstić information content (AvgIpc) is 2.32. The van der Waals surface area contributed by atoms with Crippen molar-refractivity contribution in [2.75, 3.05) is 19.6 Å². The van der Waals surface area contributed by atoms with E-state index in [9.17, 15) is 5.11 Å². The van der Waals surface area contributed by atoms with Crippen LogP contribution in [0.3, 0.4) is 0 Å². The molecule has 0 aliphatic carbocycles. The highest BCUT2D eigenvalue weighted by atomic mass is 16.3. The maximum absolute atomic E-state index is 10.3. The molecule has 2 heteroatoms. The molecule has 1 N–H and O–H groups in total. The minimum absolute atomic E-state index is 0.352. The first-order valence-corrected chi connectivity index (χ1v) is 7.04. The van der Waals surface area contributed by atoms with Crippen molar-refractivity contribution in [1.29, 1.82) is 0 Å². The van der Waals surface area contributed by atoms with Crippen LogP contribution in [0.1, 0.15) is 42.6 Å². The van der Waals surface area contributed by atoms with Crippen LogP contribution >= 0.6 is 0 Å². The molecule has 1 aromatic carbocycles. The molecule has 1 saturated heterocycles. The van der Waals surface area contributed by atoms with E-state index in [1.807, 2.05) is 0 Å². The molecule has 0 radical (unpaired) electrons. The third-order valence-corrected chi connectivity index (χ3v) is 4.09. The van der Waals surface area contributed by atoms with Crippen molar-refractivity contribution < 1.29 is 5.11 Å². The second-order valence-electron chi connectivity index (χ2n) is 5.87. The molecule has 0 saturated carbocycles. The minimum atomic E-state index is -0.352. The molecule has 2 unspecified atom stereocenters. The SMILES string of the molecule is Cc1ccc(C(O)CN2CCCC(C)C2)cc1C. The van der Waals surface area contributed by atoms with Gasteiger partial charge in [0.15, 0.2) is 0 Å². The van der Waals surface area contributed by atoms with E-state index in [1.54, 1.807) is 0 Å². The third kappa shape index (κ3) is 3.33. The number of aliphatic hydroxyl groups excluding tert-OH is 1. The van der Waals surface area contributed by atoms with Gasteiger partial charge in [-0.1, -0.05) is 25.1 Å². The fraction of sp³-hybridized carbons (Fsp3) is 0.625. The number of aryl methyl sites for hydroxylation is 2. The first-order valence-electron chi connectivity index (χ1n) is 7.04. The molecule has 2 atom stereocenters. The molecule has 0 aromatic heterocycles. The highest BCUT2D eigenvalue weighted by Crippen LogP contribution is 2.21. The predicted molar refractivity (Wildman–Crippen MR) is 75.7 cm³/mol. The molecular formula is C16H25NO. The van der Waals surface area contributed by atoms with Gasteiger partial charge in [-0.3, -0.25) is 0 Å². The Kier molecular flexibility index (Phi) is 4.41. The molecule has 0 amide bonds. The number of likely N-dealkylation sites (tertiary alicyclic amines) is 1. The van der Waals surface area contributed by atoms with Crippen LogP contribution < -0.4 is 0 Å². The van der Waals surface area contributed by atoms with Gasteiger partial charge in [-0.15, -0.1) is 0 Å². The number of benzene rings is 1. The van der Waals surface area contributed by atoms with Crippen LogP contribution in [0.4, 0.5) is 0 Å². The van der Waals surface area contributed by atoms with Crippen LogP contribution in [-0.2, 0) is 0 Å². The zero-order chi connectivity index (χ0) is 13.1. The Bertz CT molecular complexity index is 402. The first kappa shape index (κ1) is 13.6. The lowest BCUT2D eigenvalue weighted by Gasteiger charge is -2.32. The number of nitrogens with zero attached hydrogens (tertiary/aromatic N) is 1. The van der Waals surface area contributed by atoms with Crippen LogP contribution in [0.2, 0.25) is 0 Å². The normalized spacial score (nSPS) is 23.0. The fourth-order valence-corrected chi connectivity index (χ4v) is 2.77. The maximum Gasteiger partial charge on any atom is 0.0917 e. The quantitative estimate of drug-likeness (QED) is 0.887. The average molecular weight is 247 g/mol. The third-order valence-electron chi connectivity index (χ3n) is 4.09. The molecule has 1 aliphatic rings. The van der Waals surface area contributed by atoms with Crippen molar-refractivity contribution in [3.63, 3.8) is 0 Å². The second kappa shape index (κ2) is 5.85. The monoisotopic (exact) mass is 247 g/mol. The number of aliphatic hydroxyl groups is 1. The largest absolute Gasteiger partial charge is 0.387 e. The number of rotatable bonds is 3. The summed E-state index contributed by atoms with van der Waals surface area (Å²) in [5.74, 6) is 0.769. The number of β-amino-alcohol motifs (C(OH)–C–C–N with tert-alkyl or cyclic N) is 1. The van der Waals surface area contributed by atoms with Crippen LogP contribution in [0.25, 0.3) is 0 Å². The summed E-state index contributed by atoms with van der Waals surface area (Å²) < 4.78 is 0.